The Balaban J connectivity index is 1.90. The fourth-order valence-corrected chi connectivity index (χ4v) is 3.82. The lowest BCUT2D eigenvalue weighted by Gasteiger charge is -2.39. The van der Waals surface area contributed by atoms with Crippen LogP contribution < -0.4 is 0 Å². The van der Waals surface area contributed by atoms with E-state index in [0.29, 0.717) is 30.0 Å². The van der Waals surface area contributed by atoms with E-state index < -0.39 is 11.4 Å². The zero-order valence-electron chi connectivity index (χ0n) is 13.7. The average molecular weight is 355 g/mol. The molecule has 0 aliphatic carbocycles. The van der Waals surface area contributed by atoms with E-state index in [4.69, 9.17) is 4.74 Å². The summed E-state index contributed by atoms with van der Waals surface area (Å²) in [5.41, 5.74) is -1.03. The number of ether oxygens (including phenoxy) is 1. The molecule has 1 saturated heterocycles. The number of thioether (sulfide) groups is 1. The molecule has 1 heterocycles. The second-order valence-corrected chi connectivity index (χ2v) is 7.10. The standard InChI is InChI=1S/C17H22FNO4S/c1-23-12-17(16(21)22)8-4-9-19(11-17)15(20)7-10-24-14-6-3-2-5-13(14)18/h2-3,5-6H,4,7-12H2,1H3,(H,21,22). The Bertz CT molecular complexity index is 594. The molecule has 0 spiro atoms. The molecule has 0 saturated carbocycles. The lowest BCUT2D eigenvalue weighted by Crippen LogP contribution is -2.52. The van der Waals surface area contributed by atoms with Crippen molar-refractivity contribution in [3.8, 4) is 0 Å². The molecule has 0 bridgehead atoms. The largest absolute Gasteiger partial charge is 0.481 e. The summed E-state index contributed by atoms with van der Waals surface area (Å²) < 4.78 is 18.6. The Morgan fingerprint density at radius 2 is 2.17 bits per heavy atom. The van der Waals surface area contributed by atoms with Crippen LogP contribution in [-0.4, -0.2) is 54.4 Å². The number of benzene rings is 1. The van der Waals surface area contributed by atoms with E-state index in [-0.39, 0.29) is 31.3 Å². The van der Waals surface area contributed by atoms with Crippen LogP contribution in [0.1, 0.15) is 19.3 Å². The number of aliphatic carboxylic acids is 1. The molecule has 1 unspecified atom stereocenters. The van der Waals surface area contributed by atoms with Gasteiger partial charge in [0.1, 0.15) is 11.2 Å². The molecule has 1 aromatic carbocycles. The Morgan fingerprint density at radius 3 is 2.83 bits per heavy atom. The molecule has 132 valence electrons. The minimum Gasteiger partial charge on any atom is -0.481 e. The van der Waals surface area contributed by atoms with Crippen LogP contribution in [-0.2, 0) is 14.3 Å². The fourth-order valence-electron chi connectivity index (χ4n) is 2.94. The number of nitrogens with zero attached hydrogens (tertiary/aromatic N) is 1. The van der Waals surface area contributed by atoms with Gasteiger partial charge in [-0.25, -0.2) is 4.39 Å². The van der Waals surface area contributed by atoms with Crippen LogP contribution in [0.5, 0.6) is 0 Å². The Hall–Kier alpha value is -1.60. The number of carbonyl (C=O) groups excluding carboxylic acids is 1. The lowest BCUT2D eigenvalue weighted by molar-refractivity contribution is -0.159. The maximum absolute atomic E-state index is 13.5. The fraction of sp³-hybridized carbons (Fsp3) is 0.529. The monoisotopic (exact) mass is 355 g/mol. The molecular formula is C17H22FNO4S. The van der Waals surface area contributed by atoms with Crippen molar-refractivity contribution in [3.05, 3.63) is 30.1 Å². The zero-order valence-corrected chi connectivity index (χ0v) is 14.5. The molecular weight excluding hydrogens is 333 g/mol. The molecule has 1 aromatic rings. The van der Waals surface area contributed by atoms with Crippen molar-refractivity contribution >= 4 is 23.6 Å². The average Bonchev–Trinajstić information content (AvgIpc) is 2.57. The first-order valence-corrected chi connectivity index (χ1v) is 8.84. The predicted octanol–water partition coefficient (Wildman–Crippen LogP) is 2.65. The van der Waals surface area contributed by atoms with Gasteiger partial charge in [0, 0.05) is 37.3 Å². The Kier molecular flexibility index (Phi) is 6.62. The zero-order chi connectivity index (χ0) is 17.6. The Labute approximate surface area is 145 Å². The second-order valence-electron chi connectivity index (χ2n) is 5.97. The van der Waals surface area contributed by atoms with Gasteiger partial charge in [0.05, 0.1) is 6.61 Å². The van der Waals surface area contributed by atoms with Crippen LogP contribution in [0.3, 0.4) is 0 Å². The first-order valence-electron chi connectivity index (χ1n) is 7.86. The number of halogens is 1. The molecule has 1 amide bonds. The molecule has 1 fully saturated rings. The number of piperidine rings is 1. The van der Waals surface area contributed by atoms with Crippen molar-refractivity contribution < 1.29 is 23.8 Å². The van der Waals surface area contributed by atoms with Gasteiger partial charge in [-0.15, -0.1) is 11.8 Å². The normalized spacial score (nSPS) is 20.8. The molecule has 2 rings (SSSR count). The van der Waals surface area contributed by atoms with Crippen molar-refractivity contribution in [3.63, 3.8) is 0 Å². The summed E-state index contributed by atoms with van der Waals surface area (Å²) in [6.07, 6.45) is 1.40. The molecule has 5 nitrogen and oxygen atoms in total. The first kappa shape index (κ1) is 18.7. The van der Waals surface area contributed by atoms with Crippen LogP contribution >= 0.6 is 11.8 Å². The summed E-state index contributed by atoms with van der Waals surface area (Å²) in [5.74, 6) is -0.860. The van der Waals surface area contributed by atoms with E-state index in [2.05, 4.69) is 0 Å². The first-order chi connectivity index (χ1) is 11.5. The molecule has 1 atom stereocenters. The van der Waals surface area contributed by atoms with Crippen molar-refractivity contribution in [1.82, 2.24) is 4.90 Å². The van der Waals surface area contributed by atoms with E-state index in [1.807, 2.05) is 0 Å². The van der Waals surface area contributed by atoms with E-state index >= 15 is 0 Å². The van der Waals surface area contributed by atoms with Crippen LogP contribution in [0, 0.1) is 11.2 Å². The van der Waals surface area contributed by atoms with Crippen LogP contribution in [0.4, 0.5) is 4.39 Å². The number of amides is 1. The molecule has 7 heteroatoms. The van der Waals surface area contributed by atoms with Crippen LogP contribution in [0.25, 0.3) is 0 Å². The summed E-state index contributed by atoms with van der Waals surface area (Å²) in [6.45, 7) is 0.817. The highest BCUT2D eigenvalue weighted by atomic mass is 32.2. The van der Waals surface area contributed by atoms with E-state index in [1.54, 1.807) is 23.1 Å². The SMILES string of the molecule is COCC1(C(=O)O)CCCN(C(=O)CCSc2ccccc2F)C1. The van der Waals surface area contributed by atoms with Gasteiger partial charge in [0.15, 0.2) is 0 Å². The number of methoxy groups -OCH3 is 1. The van der Waals surface area contributed by atoms with Crippen molar-refractivity contribution in [1.29, 1.82) is 0 Å². The highest BCUT2D eigenvalue weighted by molar-refractivity contribution is 7.99. The topological polar surface area (TPSA) is 66.8 Å². The third kappa shape index (κ3) is 4.48. The lowest BCUT2D eigenvalue weighted by atomic mass is 9.80. The van der Waals surface area contributed by atoms with Crippen LogP contribution in [0.2, 0.25) is 0 Å². The van der Waals surface area contributed by atoms with Gasteiger partial charge in [0.2, 0.25) is 5.91 Å². The third-order valence-corrected chi connectivity index (χ3v) is 5.26. The smallest absolute Gasteiger partial charge is 0.313 e. The number of likely N-dealkylation sites (tertiary alicyclic amines) is 1. The number of hydrogen-bond donors (Lipinski definition) is 1. The maximum atomic E-state index is 13.5. The van der Waals surface area contributed by atoms with Crippen molar-refractivity contribution in [2.45, 2.75) is 24.2 Å². The number of hydrogen-bond acceptors (Lipinski definition) is 4. The minimum absolute atomic E-state index is 0.0933. The highest BCUT2D eigenvalue weighted by Crippen LogP contribution is 2.31. The van der Waals surface area contributed by atoms with Gasteiger partial charge in [0.25, 0.3) is 0 Å². The molecule has 0 radical (unpaired) electrons. The van der Waals surface area contributed by atoms with Gasteiger partial charge < -0.3 is 14.7 Å². The number of carboxylic acids is 1. The minimum atomic E-state index is -1.03. The van der Waals surface area contributed by atoms with Gasteiger partial charge in [-0.1, -0.05) is 12.1 Å². The highest BCUT2D eigenvalue weighted by Gasteiger charge is 2.43. The van der Waals surface area contributed by atoms with Gasteiger partial charge >= 0.3 is 5.97 Å². The van der Waals surface area contributed by atoms with Gasteiger partial charge in [-0.2, -0.15) is 0 Å². The number of carbonyl (C=O) groups is 2. The maximum Gasteiger partial charge on any atom is 0.313 e. The summed E-state index contributed by atoms with van der Waals surface area (Å²) in [4.78, 5) is 26.1. The molecule has 24 heavy (non-hydrogen) atoms. The Morgan fingerprint density at radius 1 is 1.42 bits per heavy atom. The van der Waals surface area contributed by atoms with Crippen LogP contribution in [0.15, 0.2) is 29.2 Å². The van der Waals surface area contributed by atoms with Crippen molar-refractivity contribution in [2.75, 3.05) is 32.6 Å². The quantitative estimate of drug-likeness (QED) is 0.762. The molecule has 1 aliphatic rings. The van der Waals surface area contributed by atoms with E-state index in [9.17, 15) is 19.1 Å². The predicted molar refractivity (Wildman–Crippen MR) is 89.5 cm³/mol. The number of carboxylic acid groups (broad SMARTS) is 1. The van der Waals surface area contributed by atoms with Crippen molar-refractivity contribution in [2.24, 2.45) is 5.41 Å². The van der Waals surface area contributed by atoms with E-state index in [1.165, 1.54) is 24.9 Å². The molecule has 1 aliphatic heterocycles. The van der Waals surface area contributed by atoms with E-state index in [0.717, 1.165) is 0 Å². The summed E-state index contributed by atoms with van der Waals surface area (Å²) >= 11 is 1.29. The number of rotatable bonds is 7. The van der Waals surface area contributed by atoms with Gasteiger partial charge in [-0.05, 0) is 25.0 Å². The summed E-state index contributed by atoms with van der Waals surface area (Å²) in [7, 11) is 1.47. The summed E-state index contributed by atoms with van der Waals surface area (Å²) in [5, 5.41) is 9.51. The third-order valence-electron chi connectivity index (χ3n) is 4.21. The van der Waals surface area contributed by atoms with Gasteiger partial charge in [-0.3, -0.25) is 9.59 Å². The summed E-state index contributed by atoms with van der Waals surface area (Å²) in [6, 6.07) is 6.45. The second kappa shape index (κ2) is 8.48. The molecule has 0 aromatic heterocycles. The molecule has 1 N–H and O–H groups in total.